The van der Waals surface area contributed by atoms with E-state index in [-0.39, 0.29) is 5.82 Å². The number of nitrogens with zero attached hydrogens (tertiary/aromatic N) is 1. The number of fused-ring (bicyclic) bond motifs is 1. The molecular formula is C14H8ClFN. The van der Waals surface area contributed by atoms with Gasteiger partial charge in [0, 0.05) is 23.3 Å². The van der Waals surface area contributed by atoms with Crippen molar-refractivity contribution < 1.29 is 4.39 Å². The molecule has 17 heavy (non-hydrogen) atoms. The molecule has 0 unspecified atom stereocenters. The highest BCUT2D eigenvalue weighted by Crippen LogP contribution is 2.23. The molecule has 0 aliphatic carbocycles. The topological polar surface area (TPSA) is 4.93 Å². The van der Waals surface area contributed by atoms with Crippen LogP contribution in [0, 0.1) is 11.9 Å². The Morgan fingerprint density at radius 3 is 2.65 bits per heavy atom. The predicted octanol–water partition coefficient (Wildman–Crippen LogP) is 4.22. The van der Waals surface area contributed by atoms with Gasteiger partial charge in [0.15, 0.2) is 0 Å². The Kier molecular flexibility index (Phi) is 2.37. The molecule has 1 aromatic heterocycles. The van der Waals surface area contributed by atoms with Gasteiger partial charge in [0.05, 0.1) is 10.5 Å². The summed E-state index contributed by atoms with van der Waals surface area (Å²) < 4.78 is 14.8. The Morgan fingerprint density at radius 1 is 1.12 bits per heavy atom. The highest BCUT2D eigenvalue weighted by molar-refractivity contribution is 6.31. The Bertz CT molecular complexity index is 670. The summed E-state index contributed by atoms with van der Waals surface area (Å²) in [6.07, 6.45) is 1.93. The standard InChI is InChI=1S/C14H8ClFN/c15-11-2-1-10-7-8-17(14(10)9-11)13-5-3-12(16)4-6-13/h1,3-9H. The van der Waals surface area contributed by atoms with Gasteiger partial charge in [-0.2, -0.15) is 0 Å². The van der Waals surface area contributed by atoms with Gasteiger partial charge >= 0.3 is 0 Å². The molecule has 0 N–H and O–H groups in total. The Morgan fingerprint density at radius 2 is 1.88 bits per heavy atom. The number of hydrogen-bond acceptors (Lipinski definition) is 0. The summed E-state index contributed by atoms with van der Waals surface area (Å²) in [4.78, 5) is 0. The maximum absolute atomic E-state index is 12.9. The smallest absolute Gasteiger partial charge is 0.123 e. The molecule has 0 aliphatic rings. The molecular weight excluding hydrogens is 237 g/mol. The van der Waals surface area contributed by atoms with E-state index in [2.05, 4.69) is 6.07 Å². The van der Waals surface area contributed by atoms with E-state index in [0.29, 0.717) is 5.02 Å². The second kappa shape index (κ2) is 3.90. The van der Waals surface area contributed by atoms with E-state index in [0.717, 1.165) is 16.6 Å². The molecule has 0 aliphatic heterocycles. The Balaban J connectivity index is 2.23. The van der Waals surface area contributed by atoms with Crippen LogP contribution in [0.25, 0.3) is 16.6 Å². The van der Waals surface area contributed by atoms with Crippen LogP contribution >= 0.6 is 11.6 Å². The van der Waals surface area contributed by atoms with E-state index in [1.54, 1.807) is 12.1 Å². The Hall–Kier alpha value is -1.80. The summed E-state index contributed by atoms with van der Waals surface area (Å²) in [5, 5.41) is 1.62. The van der Waals surface area contributed by atoms with Gasteiger partial charge in [-0.1, -0.05) is 11.6 Å². The van der Waals surface area contributed by atoms with Gasteiger partial charge in [-0.05, 0) is 42.5 Å². The average molecular weight is 245 g/mol. The fourth-order valence-corrected chi connectivity index (χ4v) is 2.03. The number of halogens is 2. The van der Waals surface area contributed by atoms with Crippen molar-refractivity contribution in [2.75, 3.05) is 0 Å². The highest BCUT2D eigenvalue weighted by Gasteiger charge is 2.03. The summed E-state index contributed by atoms with van der Waals surface area (Å²) in [6, 6.07) is 15.0. The summed E-state index contributed by atoms with van der Waals surface area (Å²) in [5.41, 5.74) is 1.89. The van der Waals surface area contributed by atoms with Gasteiger partial charge in [-0.3, -0.25) is 0 Å². The van der Waals surface area contributed by atoms with E-state index in [9.17, 15) is 4.39 Å². The minimum absolute atomic E-state index is 0.239. The fourth-order valence-electron chi connectivity index (χ4n) is 1.87. The molecule has 1 nitrogen and oxygen atoms in total. The maximum atomic E-state index is 12.9. The van der Waals surface area contributed by atoms with Crippen molar-refractivity contribution in [3.63, 3.8) is 0 Å². The van der Waals surface area contributed by atoms with Crippen LogP contribution in [0.15, 0.2) is 48.7 Å². The molecule has 83 valence electrons. The zero-order chi connectivity index (χ0) is 11.8. The lowest BCUT2D eigenvalue weighted by atomic mass is 10.2. The van der Waals surface area contributed by atoms with Crippen LogP contribution in [0.1, 0.15) is 0 Å². The van der Waals surface area contributed by atoms with Crippen LogP contribution in [-0.2, 0) is 0 Å². The summed E-state index contributed by atoms with van der Waals surface area (Å²) in [5.74, 6) is -0.239. The first kappa shape index (κ1) is 10.4. The molecule has 3 rings (SSSR count). The lowest BCUT2D eigenvalue weighted by Crippen LogP contribution is -1.91. The lowest BCUT2D eigenvalue weighted by Gasteiger charge is -2.05. The number of aromatic nitrogens is 1. The van der Waals surface area contributed by atoms with Crippen LogP contribution < -0.4 is 0 Å². The molecule has 0 fully saturated rings. The van der Waals surface area contributed by atoms with Crippen LogP contribution in [0.3, 0.4) is 0 Å². The van der Waals surface area contributed by atoms with Gasteiger partial charge in [-0.25, -0.2) is 4.39 Å². The Labute approximate surface area is 103 Å². The first-order valence-corrected chi connectivity index (χ1v) is 5.56. The number of benzene rings is 2. The van der Waals surface area contributed by atoms with Gasteiger partial charge < -0.3 is 4.57 Å². The monoisotopic (exact) mass is 244 g/mol. The number of rotatable bonds is 1. The zero-order valence-electron chi connectivity index (χ0n) is 8.82. The van der Waals surface area contributed by atoms with Crippen molar-refractivity contribution in [1.82, 2.24) is 4.57 Å². The minimum Gasteiger partial charge on any atom is -0.317 e. The zero-order valence-corrected chi connectivity index (χ0v) is 9.58. The molecule has 3 aromatic rings. The number of hydrogen-bond donors (Lipinski definition) is 0. The van der Waals surface area contributed by atoms with Crippen molar-refractivity contribution in [3.8, 4) is 5.69 Å². The van der Waals surface area contributed by atoms with Gasteiger partial charge in [-0.15, -0.1) is 0 Å². The molecule has 0 saturated heterocycles. The van der Waals surface area contributed by atoms with Crippen molar-refractivity contribution >= 4 is 22.5 Å². The predicted molar refractivity (Wildman–Crippen MR) is 67.1 cm³/mol. The third-order valence-electron chi connectivity index (χ3n) is 2.69. The molecule has 0 atom stereocenters. The molecule has 0 spiro atoms. The summed E-state index contributed by atoms with van der Waals surface area (Å²) >= 11 is 5.93. The van der Waals surface area contributed by atoms with Crippen LogP contribution in [0.4, 0.5) is 4.39 Å². The first-order valence-electron chi connectivity index (χ1n) is 5.18. The molecule has 1 heterocycles. The van der Waals surface area contributed by atoms with E-state index < -0.39 is 0 Å². The van der Waals surface area contributed by atoms with Crippen LogP contribution in [0.2, 0.25) is 5.02 Å². The SMILES string of the molecule is Fc1ccc(-n2ccc3c[c]c(Cl)cc32)cc1. The fraction of sp³-hybridized carbons (Fsp3) is 0. The van der Waals surface area contributed by atoms with Gasteiger partial charge in [0.25, 0.3) is 0 Å². The van der Waals surface area contributed by atoms with Gasteiger partial charge in [0.2, 0.25) is 0 Å². The molecule has 1 radical (unpaired) electrons. The quantitative estimate of drug-likeness (QED) is 0.604. The van der Waals surface area contributed by atoms with E-state index in [1.807, 2.05) is 29.0 Å². The van der Waals surface area contributed by atoms with E-state index in [4.69, 9.17) is 11.6 Å². The molecule has 0 saturated carbocycles. The maximum Gasteiger partial charge on any atom is 0.123 e. The van der Waals surface area contributed by atoms with Crippen molar-refractivity contribution in [2.45, 2.75) is 0 Å². The molecule has 0 bridgehead atoms. The average Bonchev–Trinajstić information content (AvgIpc) is 2.73. The van der Waals surface area contributed by atoms with Crippen LogP contribution in [0.5, 0.6) is 0 Å². The van der Waals surface area contributed by atoms with E-state index in [1.165, 1.54) is 12.1 Å². The summed E-state index contributed by atoms with van der Waals surface area (Å²) in [6.45, 7) is 0. The summed E-state index contributed by atoms with van der Waals surface area (Å²) in [7, 11) is 0. The van der Waals surface area contributed by atoms with E-state index >= 15 is 0 Å². The highest BCUT2D eigenvalue weighted by atomic mass is 35.5. The lowest BCUT2D eigenvalue weighted by molar-refractivity contribution is 0.627. The van der Waals surface area contributed by atoms with Crippen LogP contribution in [-0.4, -0.2) is 4.57 Å². The van der Waals surface area contributed by atoms with Crippen molar-refractivity contribution in [2.24, 2.45) is 0 Å². The molecule has 2 aromatic carbocycles. The molecule has 0 amide bonds. The normalized spacial score (nSPS) is 10.9. The second-order valence-electron chi connectivity index (χ2n) is 3.78. The van der Waals surface area contributed by atoms with Crippen molar-refractivity contribution in [3.05, 3.63) is 65.6 Å². The first-order chi connectivity index (χ1) is 8.24. The van der Waals surface area contributed by atoms with Crippen molar-refractivity contribution in [1.29, 1.82) is 0 Å². The van der Waals surface area contributed by atoms with Gasteiger partial charge in [0.1, 0.15) is 5.82 Å². The largest absolute Gasteiger partial charge is 0.317 e. The minimum atomic E-state index is -0.239. The third-order valence-corrected chi connectivity index (χ3v) is 2.91. The third kappa shape index (κ3) is 1.81. The second-order valence-corrected chi connectivity index (χ2v) is 4.19. The molecule has 3 heteroatoms.